The van der Waals surface area contributed by atoms with Gasteiger partial charge in [0.05, 0.1) is 4.47 Å². The molecule has 11 heavy (non-hydrogen) atoms. The highest BCUT2D eigenvalue weighted by Gasteiger charge is 1.96. The minimum Gasteiger partial charge on any atom is -0.206 e. The van der Waals surface area contributed by atoms with Gasteiger partial charge in [-0.05, 0) is 41.1 Å². The monoisotopic (exact) mass is 212 g/mol. The van der Waals surface area contributed by atoms with E-state index < -0.39 is 0 Å². The molecule has 1 aromatic carbocycles. The van der Waals surface area contributed by atoms with E-state index in [9.17, 15) is 4.39 Å². The van der Waals surface area contributed by atoms with Gasteiger partial charge in [-0.15, -0.1) is 5.92 Å². The summed E-state index contributed by atoms with van der Waals surface area (Å²) in [6.07, 6.45) is 0. The minimum atomic E-state index is -0.273. The second kappa shape index (κ2) is 3.54. The summed E-state index contributed by atoms with van der Waals surface area (Å²) in [4.78, 5) is 0. The highest BCUT2D eigenvalue weighted by molar-refractivity contribution is 9.10. The zero-order chi connectivity index (χ0) is 8.27. The lowest BCUT2D eigenvalue weighted by molar-refractivity contribution is 0.621. The van der Waals surface area contributed by atoms with Crippen LogP contribution in [0, 0.1) is 17.7 Å². The Morgan fingerprint density at radius 2 is 2.18 bits per heavy atom. The molecule has 0 fully saturated rings. The molecule has 1 rings (SSSR count). The number of halogens is 2. The van der Waals surface area contributed by atoms with E-state index in [-0.39, 0.29) is 5.82 Å². The van der Waals surface area contributed by atoms with Crippen LogP contribution in [-0.4, -0.2) is 0 Å². The first-order chi connectivity index (χ1) is 5.24. The number of rotatable bonds is 0. The second-order valence-corrected chi connectivity index (χ2v) is 2.86. The van der Waals surface area contributed by atoms with Crippen molar-refractivity contribution in [2.45, 2.75) is 6.92 Å². The van der Waals surface area contributed by atoms with E-state index in [1.165, 1.54) is 6.07 Å². The van der Waals surface area contributed by atoms with Gasteiger partial charge in [0, 0.05) is 5.56 Å². The second-order valence-electron chi connectivity index (χ2n) is 2.00. The Morgan fingerprint density at radius 1 is 1.45 bits per heavy atom. The summed E-state index contributed by atoms with van der Waals surface area (Å²) in [5.74, 6) is 5.19. The van der Waals surface area contributed by atoms with Crippen molar-refractivity contribution in [3.8, 4) is 11.8 Å². The maximum atomic E-state index is 12.8. The first-order valence-corrected chi connectivity index (χ1v) is 3.91. The van der Waals surface area contributed by atoms with Gasteiger partial charge >= 0.3 is 0 Å². The Balaban J connectivity index is 3.12. The molecule has 2 heteroatoms. The lowest BCUT2D eigenvalue weighted by atomic mass is 10.2. The van der Waals surface area contributed by atoms with Crippen molar-refractivity contribution in [3.63, 3.8) is 0 Å². The van der Waals surface area contributed by atoms with Crippen LogP contribution in [0.5, 0.6) is 0 Å². The Bertz CT molecular complexity index is 320. The fourth-order valence-corrected chi connectivity index (χ4v) is 0.965. The zero-order valence-corrected chi connectivity index (χ0v) is 7.57. The van der Waals surface area contributed by atoms with Crippen LogP contribution in [-0.2, 0) is 0 Å². The number of hydrogen-bond donors (Lipinski definition) is 0. The lowest BCUT2D eigenvalue weighted by Gasteiger charge is -1.93. The van der Waals surface area contributed by atoms with Gasteiger partial charge in [-0.3, -0.25) is 0 Å². The SMILES string of the molecule is CC#Cc1ccc(Br)c(F)c1. The Kier molecular flexibility index (Phi) is 2.67. The average Bonchev–Trinajstić information content (AvgIpc) is 1.98. The quantitative estimate of drug-likeness (QED) is 0.581. The third-order valence-corrected chi connectivity index (χ3v) is 1.83. The molecule has 0 atom stereocenters. The molecule has 0 amide bonds. The summed E-state index contributed by atoms with van der Waals surface area (Å²) in [6.45, 7) is 1.72. The van der Waals surface area contributed by atoms with Crippen molar-refractivity contribution in [1.82, 2.24) is 0 Å². The summed E-state index contributed by atoms with van der Waals surface area (Å²) in [5.41, 5.74) is 0.702. The summed E-state index contributed by atoms with van der Waals surface area (Å²) in [5, 5.41) is 0. The smallest absolute Gasteiger partial charge is 0.138 e. The topological polar surface area (TPSA) is 0 Å². The van der Waals surface area contributed by atoms with Gasteiger partial charge < -0.3 is 0 Å². The van der Waals surface area contributed by atoms with Gasteiger partial charge in [-0.2, -0.15) is 0 Å². The van der Waals surface area contributed by atoms with Crippen molar-refractivity contribution in [2.24, 2.45) is 0 Å². The van der Waals surface area contributed by atoms with Gasteiger partial charge in [0.1, 0.15) is 5.82 Å². The summed E-state index contributed by atoms with van der Waals surface area (Å²) in [7, 11) is 0. The molecule has 0 saturated heterocycles. The van der Waals surface area contributed by atoms with E-state index in [0.29, 0.717) is 10.0 Å². The van der Waals surface area contributed by atoms with Crippen molar-refractivity contribution in [3.05, 3.63) is 34.1 Å². The predicted octanol–water partition coefficient (Wildman–Crippen LogP) is 2.96. The van der Waals surface area contributed by atoms with Gasteiger partial charge in [-0.25, -0.2) is 4.39 Å². The van der Waals surface area contributed by atoms with Crippen molar-refractivity contribution < 1.29 is 4.39 Å². The van der Waals surface area contributed by atoms with Crippen molar-refractivity contribution in [2.75, 3.05) is 0 Å². The van der Waals surface area contributed by atoms with E-state index in [0.717, 1.165) is 0 Å². The van der Waals surface area contributed by atoms with Crippen molar-refractivity contribution in [1.29, 1.82) is 0 Å². The predicted molar refractivity (Wildman–Crippen MR) is 46.7 cm³/mol. The van der Waals surface area contributed by atoms with E-state index in [1.54, 1.807) is 19.1 Å². The molecule has 0 spiro atoms. The van der Waals surface area contributed by atoms with E-state index in [4.69, 9.17) is 0 Å². The average molecular weight is 213 g/mol. The molecular formula is C9H6BrF. The van der Waals surface area contributed by atoms with Crippen LogP contribution < -0.4 is 0 Å². The molecule has 0 radical (unpaired) electrons. The van der Waals surface area contributed by atoms with Crippen LogP contribution in [0.3, 0.4) is 0 Å². The van der Waals surface area contributed by atoms with Gasteiger partial charge in [0.15, 0.2) is 0 Å². The molecule has 0 heterocycles. The Morgan fingerprint density at radius 3 is 2.73 bits per heavy atom. The van der Waals surface area contributed by atoms with Gasteiger partial charge in [0.2, 0.25) is 0 Å². The molecule has 0 unspecified atom stereocenters. The van der Waals surface area contributed by atoms with E-state index in [1.807, 2.05) is 0 Å². The van der Waals surface area contributed by atoms with Crippen LogP contribution in [0.1, 0.15) is 12.5 Å². The molecule has 0 aromatic heterocycles. The molecule has 0 saturated carbocycles. The Labute approximate surface area is 73.6 Å². The summed E-state index contributed by atoms with van der Waals surface area (Å²) < 4.78 is 13.3. The highest BCUT2D eigenvalue weighted by atomic mass is 79.9. The number of benzene rings is 1. The first-order valence-electron chi connectivity index (χ1n) is 3.12. The molecule has 56 valence electrons. The third kappa shape index (κ3) is 2.06. The largest absolute Gasteiger partial charge is 0.206 e. The molecule has 0 bridgehead atoms. The van der Waals surface area contributed by atoms with E-state index in [2.05, 4.69) is 27.8 Å². The fraction of sp³-hybridized carbons (Fsp3) is 0.111. The molecule has 1 aromatic rings. The molecule has 0 nitrogen and oxygen atoms in total. The zero-order valence-electron chi connectivity index (χ0n) is 5.99. The lowest BCUT2D eigenvalue weighted by Crippen LogP contribution is -1.79. The molecule has 0 N–H and O–H groups in total. The first kappa shape index (κ1) is 8.29. The van der Waals surface area contributed by atoms with Crippen LogP contribution in [0.4, 0.5) is 4.39 Å². The third-order valence-electron chi connectivity index (χ3n) is 1.19. The highest BCUT2D eigenvalue weighted by Crippen LogP contribution is 2.15. The van der Waals surface area contributed by atoms with Gasteiger partial charge in [-0.1, -0.05) is 5.92 Å². The van der Waals surface area contributed by atoms with Crippen LogP contribution in [0.2, 0.25) is 0 Å². The molecule has 0 aliphatic heterocycles. The summed E-state index contributed by atoms with van der Waals surface area (Å²) in [6, 6.07) is 4.82. The molecular weight excluding hydrogens is 207 g/mol. The van der Waals surface area contributed by atoms with E-state index >= 15 is 0 Å². The van der Waals surface area contributed by atoms with Crippen LogP contribution >= 0.6 is 15.9 Å². The Hall–Kier alpha value is -0.810. The fourth-order valence-electron chi connectivity index (χ4n) is 0.718. The maximum Gasteiger partial charge on any atom is 0.138 e. The minimum absolute atomic E-state index is 0.273. The van der Waals surface area contributed by atoms with Gasteiger partial charge in [0.25, 0.3) is 0 Å². The summed E-state index contributed by atoms with van der Waals surface area (Å²) >= 11 is 3.06. The standard InChI is InChI=1S/C9H6BrF/c1-2-3-7-4-5-8(10)9(11)6-7/h4-6H,1H3. The maximum absolute atomic E-state index is 12.8. The number of hydrogen-bond acceptors (Lipinski definition) is 0. The molecule has 0 aliphatic carbocycles. The van der Waals surface area contributed by atoms with Crippen LogP contribution in [0.25, 0.3) is 0 Å². The molecule has 0 aliphatic rings. The normalized spacial score (nSPS) is 8.64. The van der Waals surface area contributed by atoms with Crippen LogP contribution in [0.15, 0.2) is 22.7 Å². The van der Waals surface area contributed by atoms with Crippen molar-refractivity contribution >= 4 is 15.9 Å².